The molecule has 0 radical (unpaired) electrons. The molecule has 1 aromatic carbocycles. The molecule has 17 heteroatoms. The van der Waals surface area contributed by atoms with E-state index in [1.165, 1.54) is 5.56 Å². The Morgan fingerprint density at radius 3 is 1.97 bits per heavy atom. The second-order valence-electron chi connectivity index (χ2n) is 6.40. The highest BCUT2D eigenvalue weighted by Gasteiger charge is 2.46. The number of halogens is 7. The van der Waals surface area contributed by atoms with Gasteiger partial charge in [0, 0.05) is 21.3 Å². The molecule has 0 atom stereocenters. The minimum atomic E-state index is -6.72. The lowest BCUT2D eigenvalue weighted by atomic mass is 10.2. The Balaban J connectivity index is 0.000000367. The third kappa shape index (κ3) is 10.5. The molecule has 0 unspecified atom stereocenters. The topological polar surface area (TPSA) is 105 Å². The molecule has 0 aliphatic heterocycles. The van der Waals surface area contributed by atoms with Crippen LogP contribution in [0.2, 0.25) is 0 Å². The number of pyridine rings is 1. The number of ether oxygens (including phenoxy) is 1. The first-order valence-electron chi connectivity index (χ1n) is 8.87. The summed E-state index contributed by atoms with van der Waals surface area (Å²) in [6, 6.07) is 11.9. The van der Waals surface area contributed by atoms with Crippen LogP contribution < -0.4 is 9.57 Å². The lowest BCUT2D eigenvalue weighted by Crippen LogP contribution is -2.41. The zero-order valence-corrected chi connectivity index (χ0v) is 20.8. The van der Waals surface area contributed by atoms with Crippen LogP contribution in [-0.4, -0.2) is 34.5 Å². The van der Waals surface area contributed by atoms with Crippen molar-refractivity contribution in [1.29, 1.82) is 0 Å². The fraction of sp³-hybridized carbons (Fsp3) is 0.278. The van der Waals surface area contributed by atoms with Crippen molar-refractivity contribution in [3.8, 4) is 0 Å². The van der Waals surface area contributed by atoms with Crippen molar-refractivity contribution in [2.75, 3.05) is 6.61 Å². The maximum Gasteiger partial charge on any atom is 0.480 e. The Morgan fingerprint density at radius 1 is 1.00 bits per heavy atom. The van der Waals surface area contributed by atoms with Gasteiger partial charge in [0.1, 0.15) is 6.61 Å². The van der Waals surface area contributed by atoms with E-state index in [-0.39, 0.29) is 0 Å². The van der Waals surface area contributed by atoms with Crippen LogP contribution in [0.15, 0.2) is 65.6 Å². The van der Waals surface area contributed by atoms with Crippen LogP contribution in [0.4, 0.5) is 26.3 Å². The van der Waals surface area contributed by atoms with Crippen LogP contribution in [0.1, 0.15) is 11.1 Å². The molecule has 0 aliphatic carbocycles. The van der Waals surface area contributed by atoms with E-state index >= 15 is 0 Å². The summed E-state index contributed by atoms with van der Waals surface area (Å²) in [5.41, 5.74) is -10.1. The van der Waals surface area contributed by atoms with E-state index in [0.29, 0.717) is 19.0 Å². The van der Waals surface area contributed by atoms with E-state index in [1.807, 2.05) is 55.7 Å². The van der Waals surface area contributed by atoms with Crippen molar-refractivity contribution in [3.05, 3.63) is 80.9 Å². The van der Waals surface area contributed by atoms with Gasteiger partial charge in [-0.05, 0) is 30.2 Å². The average molecular weight is 615 g/mol. The first kappa shape index (κ1) is 30.8. The molecule has 2 aromatic rings. The molecule has 0 aliphatic rings. The Kier molecular flexibility index (Phi) is 10.7. The quantitative estimate of drug-likeness (QED) is 0.250. The molecule has 196 valence electrons. The smallest absolute Gasteiger partial charge is 0.421 e. The summed E-state index contributed by atoms with van der Waals surface area (Å²) in [7, 11) is -13.4. The average Bonchev–Trinajstić information content (AvgIpc) is 2.68. The lowest BCUT2D eigenvalue weighted by molar-refractivity contribution is -0.880. The monoisotopic (exact) mass is 614 g/mol. The summed E-state index contributed by atoms with van der Waals surface area (Å²) in [5, 5.41) is 0. The molecule has 0 saturated carbocycles. The first-order chi connectivity index (χ1) is 15.8. The zero-order chi connectivity index (χ0) is 27.1. The molecule has 0 fully saturated rings. The van der Waals surface area contributed by atoms with Crippen molar-refractivity contribution >= 4 is 36.0 Å². The first-order valence-corrected chi connectivity index (χ1v) is 12.5. The highest BCUT2D eigenvalue weighted by molar-refractivity contribution is 9.10. The fourth-order valence-corrected chi connectivity index (χ4v) is 4.00. The molecule has 8 nitrogen and oxygen atoms in total. The molecule has 1 heterocycles. The maximum absolute atomic E-state index is 11.4. The van der Waals surface area contributed by atoms with Crippen LogP contribution in [0.3, 0.4) is 0 Å². The van der Waals surface area contributed by atoms with E-state index in [4.69, 9.17) is 9.57 Å². The Labute approximate surface area is 205 Å². The number of rotatable bonds is 8. The second kappa shape index (κ2) is 12.2. The van der Waals surface area contributed by atoms with Crippen LogP contribution in [0.25, 0.3) is 4.13 Å². The molecule has 35 heavy (non-hydrogen) atoms. The summed E-state index contributed by atoms with van der Waals surface area (Å²) in [4.78, 5) is 5.52. The number of aromatic nitrogens is 1. The van der Waals surface area contributed by atoms with Gasteiger partial charge in [-0.25, -0.2) is 21.7 Å². The van der Waals surface area contributed by atoms with Crippen LogP contribution >= 0.6 is 15.9 Å². The van der Waals surface area contributed by atoms with E-state index in [1.54, 1.807) is 4.73 Å². The molecule has 0 spiro atoms. The molecular formula is C18H17BrF6N2O6S2. The van der Waals surface area contributed by atoms with Gasteiger partial charge in [0.25, 0.3) is 0 Å². The second-order valence-corrected chi connectivity index (χ2v) is 10.7. The van der Waals surface area contributed by atoms with Crippen LogP contribution in [0, 0.1) is 6.92 Å². The van der Waals surface area contributed by atoms with Crippen LogP contribution in [0.5, 0.6) is 0 Å². The summed E-state index contributed by atoms with van der Waals surface area (Å²) in [6.45, 7) is 6.75. The Morgan fingerprint density at radius 2 is 1.51 bits per heavy atom. The zero-order valence-electron chi connectivity index (χ0n) is 17.5. The maximum atomic E-state index is 11.4. The lowest BCUT2D eigenvalue weighted by Gasteiger charge is -2.22. The number of hydrogen-bond acceptors (Lipinski definition) is 6. The van der Waals surface area contributed by atoms with Crippen molar-refractivity contribution in [2.24, 2.45) is 0 Å². The highest BCUT2D eigenvalue weighted by Crippen LogP contribution is 2.36. The number of hydrogen-bond donors (Lipinski definition) is 0. The van der Waals surface area contributed by atoms with Gasteiger partial charge in [-0.15, -0.1) is 0 Å². The van der Waals surface area contributed by atoms with Crippen molar-refractivity contribution in [1.82, 2.24) is 0 Å². The Hall–Kier alpha value is -2.21. The summed E-state index contributed by atoms with van der Waals surface area (Å²) >= 11 is 3.43. The van der Waals surface area contributed by atoms with Gasteiger partial charge in [-0.2, -0.15) is 26.3 Å². The Bertz CT molecular complexity index is 1180. The van der Waals surface area contributed by atoms with Crippen molar-refractivity contribution in [2.45, 2.75) is 24.5 Å². The predicted octanol–water partition coefficient (Wildman–Crippen LogP) is 4.26. The van der Waals surface area contributed by atoms with E-state index < -0.39 is 31.1 Å². The van der Waals surface area contributed by atoms with Crippen molar-refractivity contribution < 1.29 is 57.5 Å². The molecule has 0 amide bonds. The number of alkyl halides is 6. The predicted molar refractivity (Wildman–Crippen MR) is 114 cm³/mol. The van der Waals surface area contributed by atoms with Gasteiger partial charge in [0.05, 0.1) is 6.61 Å². The highest BCUT2D eigenvalue weighted by atomic mass is 79.9. The van der Waals surface area contributed by atoms with Crippen LogP contribution in [-0.2, 0) is 31.4 Å². The molecule has 0 N–H and O–H groups in total. The number of aryl methyl sites for hydroxylation is 1. The normalized spacial score (nSPS) is 12.5. The standard InChI is InChI=1S/C16H17BrNO2.C2F6NO4S2/c1-13-6-8-18(9-7-13)20-14(2)11-19-12-15-4-3-5-16(17)10-15;3-1(4,5)14(10,11)9-15(12,13)2(6,7)8/h3-10H,2,11-12H2,1H3;/q+1;-1. The third-order valence-electron chi connectivity index (χ3n) is 3.41. The molecule has 0 saturated heterocycles. The number of nitrogens with zero attached hydrogens (tertiary/aromatic N) is 2. The molecule has 0 bridgehead atoms. The number of sulfonamides is 2. The van der Waals surface area contributed by atoms with Gasteiger partial charge in [0.2, 0.25) is 12.4 Å². The molecule has 1 aromatic heterocycles. The number of benzene rings is 1. The minimum Gasteiger partial charge on any atom is -0.421 e. The van der Waals surface area contributed by atoms with Gasteiger partial charge < -0.3 is 8.86 Å². The fourth-order valence-electron chi connectivity index (χ4n) is 1.85. The van der Waals surface area contributed by atoms with Gasteiger partial charge in [-0.3, -0.25) is 0 Å². The van der Waals surface area contributed by atoms with Gasteiger partial charge in [-0.1, -0.05) is 34.6 Å². The van der Waals surface area contributed by atoms with Crippen molar-refractivity contribution in [3.63, 3.8) is 0 Å². The van der Waals surface area contributed by atoms with E-state index in [2.05, 4.69) is 22.5 Å². The third-order valence-corrected chi connectivity index (χ3v) is 6.64. The molecular weight excluding hydrogens is 598 g/mol. The van der Waals surface area contributed by atoms with E-state index in [0.717, 1.165) is 14.2 Å². The summed E-state index contributed by atoms with van der Waals surface area (Å²) in [6.07, 6.45) is 3.68. The minimum absolute atomic E-state index is 0.355. The van der Waals surface area contributed by atoms with Gasteiger partial charge in [0.15, 0.2) is 25.8 Å². The van der Waals surface area contributed by atoms with Gasteiger partial charge >= 0.3 is 11.0 Å². The largest absolute Gasteiger partial charge is 0.480 e. The summed E-state index contributed by atoms with van der Waals surface area (Å²) < 4.78 is 117. The molecule has 2 rings (SSSR count). The van der Waals surface area contributed by atoms with E-state index in [9.17, 15) is 43.2 Å². The SMILES string of the molecule is C=C(COCc1cccc(Br)c1)O[n+]1ccc(C)cc1.O=S(=O)([N-]S(=O)(=O)C(F)(F)F)C(F)(F)F. The summed E-state index contributed by atoms with van der Waals surface area (Å²) in [5.74, 6) is 0.564.